The van der Waals surface area contributed by atoms with Crippen molar-refractivity contribution in [1.82, 2.24) is 0 Å². The minimum Gasteiger partial charge on any atom is -0.484 e. The molecule has 2 rings (SSSR count). The van der Waals surface area contributed by atoms with Crippen LogP contribution in [0.4, 0.5) is 4.39 Å². The first-order valence-electron chi connectivity index (χ1n) is 5.59. The molecule has 3 nitrogen and oxygen atoms in total. The molecular weight excluding hydrogens is 269 g/mol. The third-order valence-corrected chi connectivity index (χ3v) is 2.85. The van der Waals surface area contributed by atoms with Crippen LogP contribution in [0, 0.1) is 5.82 Å². The second-order valence-electron chi connectivity index (χ2n) is 3.96. The first-order valence-corrected chi connectivity index (χ1v) is 5.97. The van der Waals surface area contributed by atoms with Gasteiger partial charge >= 0.3 is 7.12 Å². The lowest BCUT2D eigenvalue weighted by Gasteiger charge is -2.09. The monoisotopic (exact) mass is 280 g/mol. The van der Waals surface area contributed by atoms with Crippen LogP contribution in [-0.4, -0.2) is 17.2 Å². The third kappa shape index (κ3) is 3.47. The summed E-state index contributed by atoms with van der Waals surface area (Å²) in [6.07, 6.45) is 0. The van der Waals surface area contributed by atoms with E-state index in [0.29, 0.717) is 11.0 Å². The topological polar surface area (TPSA) is 49.7 Å². The maximum Gasteiger partial charge on any atom is 0.488 e. The fourth-order valence-corrected chi connectivity index (χ4v) is 1.84. The number of hydrogen-bond donors (Lipinski definition) is 2. The highest BCUT2D eigenvalue weighted by Gasteiger charge is 2.12. The van der Waals surface area contributed by atoms with Gasteiger partial charge in [0.15, 0.2) is 11.6 Å². The van der Waals surface area contributed by atoms with Crippen molar-refractivity contribution in [1.29, 1.82) is 0 Å². The second kappa shape index (κ2) is 6.06. The van der Waals surface area contributed by atoms with Gasteiger partial charge in [-0.15, -0.1) is 0 Å². The van der Waals surface area contributed by atoms with Gasteiger partial charge in [0.05, 0.1) is 5.02 Å². The lowest BCUT2D eigenvalue weighted by molar-refractivity contribution is 0.290. The van der Waals surface area contributed by atoms with Crippen molar-refractivity contribution in [3.05, 3.63) is 58.9 Å². The SMILES string of the molecule is OB(O)c1cccc(COc2c(F)cccc2Cl)c1. The fourth-order valence-electron chi connectivity index (χ4n) is 1.62. The van der Waals surface area contributed by atoms with E-state index in [2.05, 4.69) is 0 Å². The highest BCUT2D eigenvalue weighted by molar-refractivity contribution is 6.58. The standard InChI is InChI=1S/C13H11BClFO3/c15-11-5-2-6-12(16)13(11)19-8-9-3-1-4-10(7-9)14(17)18/h1-7,17-18H,8H2. The van der Waals surface area contributed by atoms with E-state index in [4.69, 9.17) is 26.4 Å². The third-order valence-electron chi connectivity index (χ3n) is 2.55. The van der Waals surface area contributed by atoms with Crippen LogP contribution < -0.4 is 10.2 Å². The Balaban J connectivity index is 2.12. The molecule has 0 aromatic heterocycles. The highest BCUT2D eigenvalue weighted by Crippen LogP contribution is 2.27. The Bertz CT molecular complexity index is 557. The summed E-state index contributed by atoms with van der Waals surface area (Å²) in [5, 5.41) is 18.3. The number of hydrogen-bond acceptors (Lipinski definition) is 3. The Morgan fingerprint density at radius 2 is 1.89 bits per heavy atom. The van der Waals surface area contributed by atoms with Gasteiger partial charge in [-0.2, -0.15) is 0 Å². The molecule has 98 valence electrons. The average Bonchev–Trinajstić information content (AvgIpc) is 2.38. The molecule has 0 unspecified atom stereocenters. The van der Waals surface area contributed by atoms with Crippen molar-refractivity contribution in [3.8, 4) is 5.75 Å². The Morgan fingerprint density at radius 3 is 2.58 bits per heavy atom. The van der Waals surface area contributed by atoms with Crippen molar-refractivity contribution in [2.24, 2.45) is 0 Å². The minimum atomic E-state index is -1.54. The number of halogens is 2. The zero-order chi connectivity index (χ0) is 13.8. The van der Waals surface area contributed by atoms with Crippen molar-refractivity contribution >= 4 is 24.2 Å². The van der Waals surface area contributed by atoms with Crippen LogP contribution in [0.5, 0.6) is 5.75 Å². The predicted molar refractivity (Wildman–Crippen MR) is 72.0 cm³/mol. The first kappa shape index (κ1) is 13.9. The number of para-hydroxylation sites is 1. The largest absolute Gasteiger partial charge is 0.488 e. The summed E-state index contributed by atoms with van der Waals surface area (Å²) >= 11 is 5.83. The lowest BCUT2D eigenvalue weighted by Crippen LogP contribution is -2.29. The van der Waals surface area contributed by atoms with E-state index >= 15 is 0 Å². The van der Waals surface area contributed by atoms with Crippen LogP contribution in [0.15, 0.2) is 42.5 Å². The molecule has 0 saturated heterocycles. The van der Waals surface area contributed by atoms with E-state index in [1.165, 1.54) is 18.2 Å². The number of ether oxygens (including phenoxy) is 1. The summed E-state index contributed by atoms with van der Waals surface area (Å²) in [6, 6.07) is 10.8. The van der Waals surface area contributed by atoms with Crippen molar-refractivity contribution < 1.29 is 19.2 Å². The van der Waals surface area contributed by atoms with Gasteiger partial charge in [-0.05, 0) is 23.2 Å². The lowest BCUT2D eigenvalue weighted by atomic mass is 9.80. The zero-order valence-electron chi connectivity index (χ0n) is 9.88. The molecule has 6 heteroatoms. The Kier molecular flexibility index (Phi) is 4.42. The molecule has 2 aromatic rings. The zero-order valence-corrected chi connectivity index (χ0v) is 10.6. The first-order chi connectivity index (χ1) is 9.08. The number of rotatable bonds is 4. The quantitative estimate of drug-likeness (QED) is 0.839. The molecule has 0 aliphatic rings. The summed E-state index contributed by atoms with van der Waals surface area (Å²) in [7, 11) is -1.54. The van der Waals surface area contributed by atoms with E-state index in [1.807, 2.05) is 0 Å². The molecule has 0 spiro atoms. The van der Waals surface area contributed by atoms with Gasteiger partial charge in [-0.1, -0.05) is 41.9 Å². The summed E-state index contributed by atoms with van der Waals surface area (Å²) in [6.45, 7) is 0.0845. The summed E-state index contributed by atoms with van der Waals surface area (Å²) in [4.78, 5) is 0. The Labute approximate surface area is 115 Å². The molecule has 0 radical (unpaired) electrons. The van der Waals surface area contributed by atoms with Crippen molar-refractivity contribution in [2.45, 2.75) is 6.61 Å². The van der Waals surface area contributed by atoms with E-state index in [9.17, 15) is 4.39 Å². The van der Waals surface area contributed by atoms with Crippen molar-refractivity contribution in [2.75, 3.05) is 0 Å². The van der Waals surface area contributed by atoms with Gasteiger partial charge in [0.25, 0.3) is 0 Å². The fraction of sp³-hybridized carbons (Fsp3) is 0.0769. The summed E-state index contributed by atoms with van der Waals surface area (Å²) in [5.74, 6) is -0.551. The van der Waals surface area contributed by atoms with Gasteiger partial charge in [-0.3, -0.25) is 0 Å². The highest BCUT2D eigenvalue weighted by atomic mass is 35.5. The summed E-state index contributed by atoms with van der Waals surface area (Å²) < 4.78 is 18.8. The molecule has 0 fully saturated rings. The van der Waals surface area contributed by atoms with E-state index in [0.717, 1.165) is 0 Å². The molecule has 0 amide bonds. The van der Waals surface area contributed by atoms with Crippen LogP contribution in [0.3, 0.4) is 0 Å². The average molecular weight is 280 g/mol. The smallest absolute Gasteiger partial charge is 0.484 e. The maximum atomic E-state index is 13.5. The minimum absolute atomic E-state index is 0.0147. The molecule has 0 aliphatic heterocycles. The van der Waals surface area contributed by atoms with Gasteiger partial charge in [-0.25, -0.2) is 4.39 Å². The Hall–Kier alpha value is -1.56. The molecular formula is C13H11BClFO3. The van der Waals surface area contributed by atoms with Crippen LogP contribution in [0.2, 0.25) is 5.02 Å². The van der Waals surface area contributed by atoms with Gasteiger partial charge in [0.2, 0.25) is 0 Å². The van der Waals surface area contributed by atoms with E-state index in [-0.39, 0.29) is 17.4 Å². The van der Waals surface area contributed by atoms with Crippen LogP contribution in [0.1, 0.15) is 5.56 Å². The summed E-state index contributed by atoms with van der Waals surface area (Å²) in [5.41, 5.74) is 1.03. The van der Waals surface area contributed by atoms with Gasteiger partial charge in [0, 0.05) is 0 Å². The van der Waals surface area contributed by atoms with Gasteiger partial charge < -0.3 is 14.8 Å². The molecule has 0 atom stereocenters. The molecule has 2 N–H and O–H groups in total. The predicted octanol–water partition coefficient (Wildman–Crippen LogP) is 1.74. The van der Waals surface area contributed by atoms with Crippen LogP contribution in [-0.2, 0) is 6.61 Å². The van der Waals surface area contributed by atoms with Crippen molar-refractivity contribution in [3.63, 3.8) is 0 Å². The molecule has 0 aliphatic carbocycles. The van der Waals surface area contributed by atoms with Gasteiger partial charge in [0.1, 0.15) is 6.61 Å². The second-order valence-corrected chi connectivity index (χ2v) is 4.37. The van der Waals surface area contributed by atoms with Crippen LogP contribution in [0.25, 0.3) is 0 Å². The Morgan fingerprint density at radius 1 is 1.16 bits per heavy atom. The van der Waals surface area contributed by atoms with Crippen LogP contribution >= 0.6 is 11.6 Å². The molecule has 19 heavy (non-hydrogen) atoms. The molecule has 0 heterocycles. The molecule has 0 saturated carbocycles. The number of benzene rings is 2. The molecule has 2 aromatic carbocycles. The normalized spacial score (nSPS) is 10.3. The maximum absolute atomic E-state index is 13.5. The van der Waals surface area contributed by atoms with E-state index in [1.54, 1.807) is 24.3 Å². The molecule has 0 bridgehead atoms. The van der Waals surface area contributed by atoms with E-state index < -0.39 is 12.9 Å².